The van der Waals surface area contributed by atoms with Crippen LogP contribution in [0.3, 0.4) is 0 Å². The van der Waals surface area contributed by atoms with Crippen LogP contribution in [0.5, 0.6) is 5.75 Å². The van der Waals surface area contributed by atoms with Crippen molar-refractivity contribution in [2.45, 2.75) is 26.4 Å². The molecule has 0 aliphatic rings. The first-order valence-corrected chi connectivity index (χ1v) is 4.86. The maximum Gasteiger partial charge on any atom is 0.342 e. The molecular weight excluding hydrogens is 208 g/mol. The van der Waals surface area contributed by atoms with Crippen molar-refractivity contribution in [2.75, 3.05) is 12.8 Å². The van der Waals surface area contributed by atoms with E-state index in [1.165, 1.54) is 19.4 Å². The summed E-state index contributed by atoms with van der Waals surface area (Å²) in [6.07, 6.45) is 1.45. The molecule has 0 aromatic carbocycles. The number of methoxy groups -OCH3 is 1. The van der Waals surface area contributed by atoms with Gasteiger partial charge in [0.25, 0.3) is 0 Å². The average Bonchev–Trinajstić information content (AvgIpc) is 2.15. The van der Waals surface area contributed by atoms with E-state index in [0.717, 1.165) is 0 Å². The van der Waals surface area contributed by atoms with E-state index in [2.05, 4.69) is 4.98 Å². The number of nitrogens with two attached hydrogens (primary N) is 1. The predicted molar refractivity (Wildman–Crippen MR) is 60.4 cm³/mol. The number of hydrogen-bond acceptors (Lipinski definition) is 5. The van der Waals surface area contributed by atoms with Crippen molar-refractivity contribution < 1.29 is 14.3 Å². The zero-order chi connectivity index (χ0) is 12.3. The molecule has 2 N–H and O–H groups in total. The van der Waals surface area contributed by atoms with Crippen LogP contribution in [0.1, 0.15) is 31.1 Å². The van der Waals surface area contributed by atoms with Crippen LogP contribution < -0.4 is 10.5 Å². The van der Waals surface area contributed by atoms with Crippen LogP contribution in [-0.4, -0.2) is 23.7 Å². The van der Waals surface area contributed by atoms with Gasteiger partial charge in [0, 0.05) is 0 Å². The van der Waals surface area contributed by atoms with Gasteiger partial charge in [0.05, 0.1) is 13.3 Å². The van der Waals surface area contributed by atoms with E-state index >= 15 is 0 Å². The van der Waals surface area contributed by atoms with Crippen LogP contribution in [0.4, 0.5) is 5.82 Å². The number of aromatic nitrogens is 1. The summed E-state index contributed by atoms with van der Waals surface area (Å²) >= 11 is 0. The summed E-state index contributed by atoms with van der Waals surface area (Å²) in [5, 5.41) is 0. The molecule has 0 spiro atoms. The van der Waals surface area contributed by atoms with Gasteiger partial charge in [-0.15, -0.1) is 0 Å². The van der Waals surface area contributed by atoms with E-state index in [-0.39, 0.29) is 11.4 Å². The van der Waals surface area contributed by atoms with Gasteiger partial charge in [0.15, 0.2) is 0 Å². The molecule has 0 atom stereocenters. The van der Waals surface area contributed by atoms with Gasteiger partial charge in [-0.1, -0.05) is 0 Å². The highest BCUT2D eigenvalue weighted by molar-refractivity contribution is 5.94. The highest BCUT2D eigenvalue weighted by atomic mass is 16.6. The summed E-state index contributed by atoms with van der Waals surface area (Å²) in [5.74, 6) is 0.0986. The third kappa shape index (κ3) is 3.12. The smallest absolute Gasteiger partial charge is 0.342 e. The lowest BCUT2D eigenvalue weighted by atomic mass is 10.2. The van der Waals surface area contributed by atoms with Crippen molar-refractivity contribution in [2.24, 2.45) is 0 Å². The third-order valence-electron chi connectivity index (χ3n) is 1.75. The van der Waals surface area contributed by atoms with Crippen molar-refractivity contribution in [3.8, 4) is 5.75 Å². The molecule has 1 aromatic heterocycles. The second-order valence-electron chi connectivity index (χ2n) is 4.31. The fraction of sp³-hybridized carbons (Fsp3) is 0.455. The number of ether oxygens (including phenoxy) is 2. The van der Waals surface area contributed by atoms with Crippen molar-refractivity contribution >= 4 is 11.8 Å². The molecule has 1 rings (SSSR count). The molecule has 0 aliphatic heterocycles. The Morgan fingerprint density at radius 1 is 1.44 bits per heavy atom. The molecule has 88 valence electrons. The molecular formula is C11H16N2O3. The number of esters is 1. The zero-order valence-electron chi connectivity index (χ0n) is 9.90. The van der Waals surface area contributed by atoms with E-state index in [9.17, 15) is 4.79 Å². The molecule has 0 saturated heterocycles. The molecule has 0 unspecified atom stereocenters. The van der Waals surface area contributed by atoms with E-state index < -0.39 is 11.6 Å². The monoisotopic (exact) mass is 224 g/mol. The topological polar surface area (TPSA) is 74.4 Å². The Morgan fingerprint density at radius 3 is 2.56 bits per heavy atom. The molecule has 5 nitrogen and oxygen atoms in total. The van der Waals surface area contributed by atoms with Crippen molar-refractivity contribution in [1.82, 2.24) is 4.98 Å². The molecule has 5 heteroatoms. The molecule has 0 fully saturated rings. The molecule has 0 aliphatic carbocycles. The Hall–Kier alpha value is -1.78. The van der Waals surface area contributed by atoms with Crippen molar-refractivity contribution in [3.63, 3.8) is 0 Å². The lowest BCUT2D eigenvalue weighted by molar-refractivity contribution is 0.00701. The first-order chi connectivity index (χ1) is 7.33. The highest BCUT2D eigenvalue weighted by Gasteiger charge is 2.20. The van der Waals surface area contributed by atoms with E-state index in [1.54, 1.807) is 20.8 Å². The number of anilines is 1. The zero-order valence-corrected chi connectivity index (χ0v) is 9.90. The van der Waals surface area contributed by atoms with E-state index in [0.29, 0.717) is 5.75 Å². The van der Waals surface area contributed by atoms with Gasteiger partial charge in [0.1, 0.15) is 22.7 Å². The van der Waals surface area contributed by atoms with Crippen molar-refractivity contribution in [1.29, 1.82) is 0 Å². The van der Waals surface area contributed by atoms with E-state index in [4.69, 9.17) is 15.2 Å². The fourth-order valence-corrected chi connectivity index (χ4v) is 1.06. The predicted octanol–water partition coefficient (Wildman–Crippen LogP) is 1.63. The molecule has 1 aromatic rings. The maximum absolute atomic E-state index is 11.8. The quantitative estimate of drug-likeness (QED) is 0.773. The van der Waals surface area contributed by atoms with Gasteiger partial charge in [-0.3, -0.25) is 0 Å². The Bertz CT molecular complexity index is 397. The van der Waals surface area contributed by atoms with Gasteiger partial charge in [-0.2, -0.15) is 0 Å². The largest absolute Gasteiger partial charge is 0.495 e. The van der Waals surface area contributed by atoms with Crippen LogP contribution in [-0.2, 0) is 4.74 Å². The number of carbonyl (C=O) groups excluding carboxylic acids is 1. The number of rotatable bonds is 2. The number of pyridine rings is 1. The normalized spacial score (nSPS) is 11.0. The van der Waals surface area contributed by atoms with Gasteiger partial charge in [-0.05, 0) is 26.8 Å². The average molecular weight is 224 g/mol. The first kappa shape index (κ1) is 12.3. The number of nitrogens with zero attached hydrogens (tertiary/aromatic N) is 1. The lowest BCUT2D eigenvalue weighted by Crippen LogP contribution is -2.24. The van der Waals surface area contributed by atoms with Crippen LogP contribution in [0.2, 0.25) is 0 Å². The molecule has 0 amide bonds. The van der Waals surface area contributed by atoms with Gasteiger partial charge >= 0.3 is 5.97 Å². The summed E-state index contributed by atoms with van der Waals surface area (Å²) < 4.78 is 10.2. The Kier molecular flexibility index (Phi) is 3.37. The molecule has 0 bridgehead atoms. The summed E-state index contributed by atoms with van der Waals surface area (Å²) in [4.78, 5) is 15.6. The summed E-state index contributed by atoms with van der Waals surface area (Å²) in [5.41, 5.74) is 5.25. The van der Waals surface area contributed by atoms with E-state index in [1.807, 2.05) is 0 Å². The molecule has 0 radical (unpaired) electrons. The molecule has 16 heavy (non-hydrogen) atoms. The highest BCUT2D eigenvalue weighted by Crippen LogP contribution is 2.19. The molecule has 0 saturated carbocycles. The van der Waals surface area contributed by atoms with Gasteiger partial charge in [-0.25, -0.2) is 9.78 Å². The summed E-state index contributed by atoms with van der Waals surface area (Å²) in [7, 11) is 1.49. The second kappa shape index (κ2) is 4.38. The Balaban J connectivity index is 2.98. The Labute approximate surface area is 94.6 Å². The SMILES string of the molecule is COc1cnc(N)c(C(=O)OC(C)(C)C)c1. The molecule has 1 heterocycles. The van der Waals surface area contributed by atoms with Crippen LogP contribution >= 0.6 is 0 Å². The van der Waals surface area contributed by atoms with Gasteiger partial charge < -0.3 is 15.2 Å². The number of carbonyl (C=O) groups is 1. The lowest BCUT2D eigenvalue weighted by Gasteiger charge is -2.19. The third-order valence-corrected chi connectivity index (χ3v) is 1.75. The minimum Gasteiger partial charge on any atom is -0.495 e. The number of nitrogen functional groups attached to an aromatic ring is 1. The Morgan fingerprint density at radius 2 is 2.06 bits per heavy atom. The standard InChI is InChI=1S/C11H16N2O3/c1-11(2,3)16-10(14)8-5-7(15-4)6-13-9(8)12/h5-6H,1-4H3,(H2,12,13). The minimum absolute atomic E-state index is 0.134. The second-order valence-corrected chi connectivity index (χ2v) is 4.31. The fourth-order valence-electron chi connectivity index (χ4n) is 1.06. The first-order valence-electron chi connectivity index (χ1n) is 4.86. The van der Waals surface area contributed by atoms with Gasteiger partial charge in [0.2, 0.25) is 0 Å². The summed E-state index contributed by atoms with van der Waals surface area (Å²) in [6, 6.07) is 1.51. The minimum atomic E-state index is -0.563. The van der Waals surface area contributed by atoms with Crippen LogP contribution in [0, 0.1) is 0 Å². The summed E-state index contributed by atoms with van der Waals surface area (Å²) in [6.45, 7) is 5.36. The van der Waals surface area contributed by atoms with Crippen LogP contribution in [0.25, 0.3) is 0 Å². The van der Waals surface area contributed by atoms with Crippen LogP contribution in [0.15, 0.2) is 12.3 Å². The number of hydrogen-bond donors (Lipinski definition) is 1. The van der Waals surface area contributed by atoms with Crippen molar-refractivity contribution in [3.05, 3.63) is 17.8 Å². The maximum atomic E-state index is 11.8.